The third-order valence-electron chi connectivity index (χ3n) is 2.86. The molecule has 18 heavy (non-hydrogen) atoms. The minimum atomic E-state index is -3.26. The number of nitrogens with two attached hydrogens (primary N) is 1. The summed E-state index contributed by atoms with van der Waals surface area (Å²) in [4.78, 5) is 0.323. The standard InChI is InChI=1S/C12H17NO4S/c1-18(14,15)12-7-11-10(16-8-17-11)6-9(12)4-2-3-5-13/h6-7H,2-5,8,13H2,1H3. The zero-order chi connectivity index (χ0) is 13.2. The summed E-state index contributed by atoms with van der Waals surface area (Å²) >= 11 is 0. The van der Waals surface area contributed by atoms with Crippen LogP contribution in [0.3, 0.4) is 0 Å². The zero-order valence-corrected chi connectivity index (χ0v) is 11.1. The molecule has 1 aliphatic heterocycles. The van der Waals surface area contributed by atoms with Gasteiger partial charge in [-0.3, -0.25) is 0 Å². The molecule has 1 aromatic rings. The van der Waals surface area contributed by atoms with Gasteiger partial charge >= 0.3 is 0 Å². The van der Waals surface area contributed by atoms with Gasteiger partial charge in [-0.25, -0.2) is 8.42 Å². The summed E-state index contributed by atoms with van der Waals surface area (Å²) in [6, 6.07) is 3.31. The summed E-state index contributed by atoms with van der Waals surface area (Å²) in [5, 5.41) is 0. The predicted molar refractivity (Wildman–Crippen MR) is 67.7 cm³/mol. The summed E-state index contributed by atoms with van der Waals surface area (Å²) < 4.78 is 34.0. The normalized spacial score (nSPS) is 13.9. The van der Waals surface area contributed by atoms with E-state index in [4.69, 9.17) is 15.2 Å². The lowest BCUT2D eigenvalue weighted by atomic mass is 10.1. The van der Waals surface area contributed by atoms with Crippen LogP contribution >= 0.6 is 0 Å². The summed E-state index contributed by atoms with van der Waals surface area (Å²) in [7, 11) is -3.26. The first-order valence-corrected chi connectivity index (χ1v) is 7.74. The third-order valence-corrected chi connectivity index (χ3v) is 4.03. The van der Waals surface area contributed by atoms with E-state index in [-0.39, 0.29) is 6.79 Å². The predicted octanol–water partition coefficient (Wildman–Crippen LogP) is 1.10. The van der Waals surface area contributed by atoms with Crippen LogP contribution < -0.4 is 15.2 Å². The van der Waals surface area contributed by atoms with Crippen LogP contribution in [0.15, 0.2) is 17.0 Å². The van der Waals surface area contributed by atoms with Crippen molar-refractivity contribution in [2.75, 3.05) is 19.6 Å². The molecule has 1 aliphatic rings. The summed E-state index contributed by atoms with van der Waals surface area (Å²) in [6.07, 6.45) is 3.61. The fraction of sp³-hybridized carbons (Fsp3) is 0.500. The molecule has 0 amide bonds. The van der Waals surface area contributed by atoms with Crippen molar-refractivity contribution in [3.05, 3.63) is 17.7 Å². The number of unbranched alkanes of at least 4 members (excludes halogenated alkanes) is 1. The number of rotatable bonds is 5. The average Bonchev–Trinajstić information content (AvgIpc) is 2.74. The highest BCUT2D eigenvalue weighted by molar-refractivity contribution is 7.90. The van der Waals surface area contributed by atoms with E-state index < -0.39 is 9.84 Å². The Morgan fingerprint density at radius 3 is 2.50 bits per heavy atom. The molecule has 0 aromatic heterocycles. The van der Waals surface area contributed by atoms with Gasteiger partial charge in [0.1, 0.15) is 0 Å². The van der Waals surface area contributed by atoms with Gasteiger partial charge in [0.2, 0.25) is 6.79 Å². The van der Waals surface area contributed by atoms with Crippen molar-refractivity contribution in [3.63, 3.8) is 0 Å². The molecule has 0 saturated carbocycles. The molecule has 1 heterocycles. The number of ether oxygens (including phenoxy) is 2. The summed E-state index contributed by atoms with van der Waals surface area (Å²) in [6.45, 7) is 0.754. The molecule has 2 rings (SSSR count). The van der Waals surface area contributed by atoms with Crippen molar-refractivity contribution in [3.8, 4) is 11.5 Å². The smallest absolute Gasteiger partial charge is 0.231 e. The van der Waals surface area contributed by atoms with Gasteiger partial charge in [0.25, 0.3) is 0 Å². The number of hydrogen-bond acceptors (Lipinski definition) is 5. The van der Waals surface area contributed by atoms with E-state index in [1.807, 2.05) is 0 Å². The first-order valence-electron chi connectivity index (χ1n) is 5.85. The molecule has 0 radical (unpaired) electrons. The van der Waals surface area contributed by atoms with Crippen LogP contribution in [0.25, 0.3) is 0 Å². The van der Waals surface area contributed by atoms with Crippen LogP contribution in [0.1, 0.15) is 18.4 Å². The maximum atomic E-state index is 11.8. The molecule has 0 fully saturated rings. The quantitative estimate of drug-likeness (QED) is 0.811. The Morgan fingerprint density at radius 1 is 1.22 bits per heavy atom. The molecule has 5 nitrogen and oxygen atoms in total. The Morgan fingerprint density at radius 2 is 1.89 bits per heavy atom. The lowest BCUT2D eigenvalue weighted by molar-refractivity contribution is 0.174. The van der Waals surface area contributed by atoms with Crippen LogP contribution in [0.2, 0.25) is 0 Å². The van der Waals surface area contributed by atoms with Crippen molar-refractivity contribution in [2.45, 2.75) is 24.2 Å². The Bertz CT molecular complexity index is 539. The zero-order valence-electron chi connectivity index (χ0n) is 10.3. The molecule has 0 spiro atoms. The second kappa shape index (κ2) is 5.16. The van der Waals surface area contributed by atoms with Crippen LogP contribution in [0.4, 0.5) is 0 Å². The van der Waals surface area contributed by atoms with E-state index in [0.717, 1.165) is 18.4 Å². The molecule has 100 valence electrons. The number of sulfone groups is 1. The lowest BCUT2D eigenvalue weighted by Crippen LogP contribution is -2.04. The number of hydrogen-bond donors (Lipinski definition) is 1. The Balaban J connectivity index is 2.36. The van der Waals surface area contributed by atoms with Gasteiger partial charge in [0.05, 0.1) is 4.90 Å². The van der Waals surface area contributed by atoms with E-state index in [0.29, 0.717) is 29.4 Å². The highest BCUT2D eigenvalue weighted by atomic mass is 32.2. The van der Waals surface area contributed by atoms with Crippen LogP contribution in [-0.2, 0) is 16.3 Å². The molecule has 6 heteroatoms. The van der Waals surface area contributed by atoms with Gasteiger partial charge in [-0.15, -0.1) is 0 Å². The number of benzene rings is 1. The van der Waals surface area contributed by atoms with Crippen molar-refractivity contribution in [1.82, 2.24) is 0 Å². The number of aryl methyl sites for hydroxylation is 1. The van der Waals surface area contributed by atoms with Gasteiger partial charge in [-0.2, -0.15) is 0 Å². The third kappa shape index (κ3) is 2.76. The van der Waals surface area contributed by atoms with Crippen LogP contribution in [-0.4, -0.2) is 28.0 Å². The molecule has 0 atom stereocenters. The maximum Gasteiger partial charge on any atom is 0.231 e. The van der Waals surface area contributed by atoms with Crippen molar-refractivity contribution >= 4 is 9.84 Å². The molecule has 1 aromatic carbocycles. The number of fused-ring (bicyclic) bond motifs is 1. The van der Waals surface area contributed by atoms with E-state index in [1.165, 1.54) is 6.26 Å². The molecule has 0 unspecified atom stereocenters. The highest BCUT2D eigenvalue weighted by Crippen LogP contribution is 2.36. The topological polar surface area (TPSA) is 78.6 Å². The largest absolute Gasteiger partial charge is 0.454 e. The summed E-state index contributed by atoms with van der Waals surface area (Å²) in [5.74, 6) is 1.11. The van der Waals surface area contributed by atoms with Gasteiger partial charge in [-0.05, 0) is 37.4 Å². The maximum absolute atomic E-state index is 11.8. The highest BCUT2D eigenvalue weighted by Gasteiger charge is 2.21. The van der Waals surface area contributed by atoms with Gasteiger partial charge in [0.15, 0.2) is 21.3 Å². The van der Waals surface area contributed by atoms with E-state index in [1.54, 1.807) is 12.1 Å². The van der Waals surface area contributed by atoms with Gasteiger partial charge in [0, 0.05) is 12.3 Å². The SMILES string of the molecule is CS(=O)(=O)c1cc2c(cc1CCCCN)OCO2. The minimum Gasteiger partial charge on any atom is -0.454 e. The molecule has 0 aliphatic carbocycles. The minimum absolute atomic E-state index is 0.144. The Hall–Kier alpha value is -1.27. The average molecular weight is 271 g/mol. The van der Waals surface area contributed by atoms with E-state index >= 15 is 0 Å². The molecule has 0 saturated heterocycles. The Labute approximate surface area is 107 Å². The van der Waals surface area contributed by atoms with E-state index in [2.05, 4.69) is 0 Å². The van der Waals surface area contributed by atoms with Crippen molar-refractivity contribution in [2.24, 2.45) is 5.73 Å². The molecular weight excluding hydrogens is 254 g/mol. The first-order chi connectivity index (χ1) is 8.52. The van der Waals surface area contributed by atoms with E-state index in [9.17, 15) is 8.42 Å². The monoisotopic (exact) mass is 271 g/mol. The van der Waals surface area contributed by atoms with Gasteiger partial charge in [-0.1, -0.05) is 0 Å². The first kappa shape index (κ1) is 13.2. The second-order valence-corrected chi connectivity index (χ2v) is 6.32. The van der Waals surface area contributed by atoms with Crippen molar-refractivity contribution < 1.29 is 17.9 Å². The van der Waals surface area contributed by atoms with Gasteiger partial charge < -0.3 is 15.2 Å². The fourth-order valence-electron chi connectivity index (χ4n) is 1.97. The second-order valence-electron chi connectivity index (χ2n) is 4.33. The summed E-state index contributed by atoms with van der Waals surface area (Å²) in [5.41, 5.74) is 6.22. The molecular formula is C12H17NO4S. The fourth-order valence-corrected chi connectivity index (χ4v) is 2.92. The molecule has 0 bridgehead atoms. The molecule has 2 N–H and O–H groups in total. The van der Waals surface area contributed by atoms with Crippen molar-refractivity contribution in [1.29, 1.82) is 0 Å². The van der Waals surface area contributed by atoms with Crippen LogP contribution in [0, 0.1) is 0 Å². The Kier molecular flexibility index (Phi) is 3.77. The van der Waals surface area contributed by atoms with Crippen LogP contribution in [0.5, 0.6) is 11.5 Å². The lowest BCUT2D eigenvalue weighted by Gasteiger charge is -2.09.